The highest BCUT2D eigenvalue weighted by atomic mass is 19.4. The lowest BCUT2D eigenvalue weighted by Crippen LogP contribution is -2.55. The van der Waals surface area contributed by atoms with Crippen LogP contribution in [0.2, 0.25) is 0 Å². The molecule has 168 valence electrons. The van der Waals surface area contributed by atoms with Crippen LogP contribution in [0, 0.1) is 5.82 Å². The van der Waals surface area contributed by atoms with Gasteiger partial charge in [0.15, 0.2) is 0 Å². The van der Waals surface area contributed by atoms with Crippen LogP contribution >= 0.6 is 0 Å². The number of hydrogen-bond donors (Lipinski definition) is 0. The quantitative estimate of drug-likeness (QED) is 0.598. The van der Waals surface area contributed by atoms with Gasteiger partial charge in [-0.1, -0.05) is 0 Å². The van der Waals surface area contributed by atoms with Gasteiger partial charge in [-0.15, -0.1) is 0 Å². The van der Waals surface area contributed by atoms with E-state index in [-0.39, 0.29) is 24.2 Å². The summed E-state index contributed by atoms with van der Waals surface area (Å²) < 4.78 is 69.1. The van der Waals surface area contributed by atoms with Crippen LogP contribution in [-0.2, 0) is 22.3 Å². The van der Waals surface area contributed by atoms with Gasteiger partial charge in [0.25, 0.3) is 0 Å². The maximum Gasteiger partial charge on any atom is 0.421 e. The number of alkyl halides is 3. The Morgan fingerprint density at radius 2 is 1.74 bits per heavy atom. The molecule has 0 unspecified atom stereocenters. The standard InChI is InChI=1S/C21H22F4N2O4/c1-20(2,3)31-19(28)27-10-16(11-27)29-12-14-6-9-17(21(23,24)25)18(26-14)30-15-7-4-13(22)5-8-15/h4-9,16H,10-12H2,1-3H3. The zero-order valence-corrected chi connectivity index (χ0v) is 17.2. The Balaban J connectivity index is 1.62. The molecule has 0 atom stereocenters. The number of likely N-dealkylation sites (tertiary alicyclic amines) is 1. The summed E-state index contributed by atoms with van der Waals surface area (Å²) in [6, 6.07) is 6.62. The molecular formula is C21H22F4N2O4. The molecule has 3 rings (SSSR count). The lowest BCUT2D eigenvalue weighted by atomic mass is 10.1. The van der Waals surface area contributed by atoms with E-state index in [1.165, 1.54) is 23.1 Å². The Morgan fingerprint density at radius 1 is 1.10 bits per heavy atom. The van der Waals surface area contributed by atoms with Crippen LogP contribution in [-0.4, -0.2) is 40.8 Å². The van der Waals surface area contributed by atoms with E-state index >= 15 is 0 Å². The third kappa shape index (κ3) is 6.30. The minimum Gasteiger partial charge on any atom is -0.444 e. The fourth-order valence-corrected chi connectivity index (χ4v) is 2.69. The van der Waals surface area contributed by atoms with Crippen molar-refractivity contribution >= 4 is 6.09 Å². The van der Waals surface area contributed by atoms with Gasteiger partial charge in [0, 0.05) is 0 Å². The molecule has 31 heavy (non-hydrogen) atoms. The van der Waals surface area contributed by atoms with E-state index in [2.05, 4.69) is 4.98 Å². The van der Waals surface area contributed by atoms with Crippen LogP contribution in [0.1, 0.15) is 32.0 Å². The number of rotatable bonds is 5. The molecule has 1 saturated heterocycles. The summed E-state index contributed by atoms with van der Waals surface area (Å²) in [5.74, 6) is -1.17. The fraction of sp³-hybridized carbons (Fsp3) is 0.429. The zero-order valence-electron chi connectivity index (χ0n) is 17.2. The number of pyridine rings is 1. The molecule has 1 aliphatic rings. The molecular weight excluding hydrogens is 420 g/mol. The van der Waals surface area contributed by atoms with Crippen molar-refractivity contribution in [3.05, 3.63) is 53.5 Å². The van der Waals surface area contributed by atoms with Crippen LogP contribution < -0.4 is 4.74 Å². The number of halogens is 4. The second kappa shape index (κ2) is 8.70. The molecule has 2 aromatic rings. The normalized spacial score (nSPS) is 14.9. The lowest BCUT2D eigenvalue weighted by molar-refractivity contribution is -0.138. The van der Waals surface area contributed by atoms with Gasteiger partial charge >= 0.3 is 12.3 Å². The molecule has 0 aliphatic carbocycles. The predicted octanol–water partition coefficient (Wildman–Crippen LogP) is 5.17. The fourth-order valence-electron chi connectivity index (χ4n) is 2.69. The zero-order chi connectivity index (χ0) is 22.8. The largest absolute Gasteiger partial charge is 0.444 e. The monoisotopic (exact) mass is 442 g/mol. The van der Waals surface area contributed by atoms with Crippen LogP contribution in [0.15, 0.2) is 36.4 Å². The van der Waals surface area contributed by atoms with Gasteiger partial charge in [-0.05, 0) is 57.2 Å². The van der Waals surface area contributed by atoms with E-state index in [4.69, 9.17) is 14.2 Å². The minimum atomic E-state index is -4.68. The van der Waals surface area contributed by atoms with Crippen LogP contribution in [0.25, 0.3) is 0 Å². The van der Waals surface area contributed by atoms with Gasteiger partial charge in [-0.3, -0.25) is 0 Å². The van der Waals surface area contributed by atoms with E-state index in [0.717, 1.165) is 18.2 Å². The van der Waals surface area contributed by atoms with Crippen LogP contribution in [0.4, 0.5) is 22.4 Å². The average Bonchev–Trinajstić information content (AvgIpc) is 2.60. The first-order valence-electron chi connectivity index (χ1n) is 9.51. The van der Waals surface area contributed by atoms with Gasteiger partial charge in [-0.25, -0.2) is 14.2 Å². The first-order chi connectivity index (χ1) is 14.4. The molecule has 2 heterocycles. The molecule has 6 nitrogen and oxygen atoms in total. The van der Waals surface area contributed by atoms with Crippen molar-refractivity contribution < 1.29 is 36.6 Å². The van der Waals surface area contributed by atoms with Crippen molar-refractivity contribution in [1.82, 2.24) is 9.88 Å². The highest BCUT2D eigenvalue weighted by Gasteiger charge is 2.37. The smallest absolute Gasteiger partial charge is 0.421 e. The molecule has 1 aromatic heterocycles. The van der Waals surface area contributed by atoms with E-state index in [0.29, 0.717) is 13.1 Å². The van der Waals surface area contributed by atoms with Gasteiger partial charge in [0.1, 0.15) is 22.7 Å². The summed E-state index contributed by atoms with van der Waals surface area (Å²) in [5, 5.41) is 0. The Hall–Kier alpha value is -2.88. The van der Waals surface area contributed by atoms with Crippen LogP contribution in [0.3, 0.4) is 0 Å². The molecule has 0 saturated carbocycles. The summed E-state index contributed by atoms with van der Waals surface area (Å²) >= 11 is 0. The molecule has 1 amide bonds. The average molecular weight is 442 g/mol. The number of benzene rings is 1. The summed E-state index contributed by atoms with van der Waals surface area (Å²) in [5.41, 5.74) is -1.44. The maximum atomic E-state index is 13.3. The van der Waals surface area contributed by atoms with Gasteiger partial charge in [0.2, 0.25) is 5.88 Å². The molecule has 1 fully saturated rings. The first-order valence-corrected chi connectivity index (χ1v) is 9.51. The third-order valence-electron chi connectivity index (χ3n) is 4.22. The van der Waals surface area contributed by atoms with Crippen molar-refractivity contribution in [1.29, 1.82) is 0 Å². The summed E-state index contributed by atoms with van der Waals surface area (Å²) in [4.78, 5) is 17.3. The number of ether oxygens (including phenoxy) is 3. The van der Waals surface area contributed by atoms with E-state index < -0.39 is 35.1 Å². The number of aromatic nitrogens is 1. The summed E-state index contributed by atoms with van der Waals surface area (Å²) in [7, 11) is 0. The van der Waals surface area contributed by atoms with Crippen LogP contribution in [0.5, 0.6) is 11.6 Å². The van der Waals surface area contributed by atoms with Gasteiger partial charge in [-0.2, -0.15) is 13.2 Å². The third-order valence-corrected chi connectivity index (χ3v) is 4.22. The minimum absolute atomic E-state index is 0.0180. The molecule has 0 N–H and O–H groups in total. The van der Waals surface area contributed by atoms with Crippen molar-refractivity contribution in [3.63, 3.8) is 0 Å². The Morgan fingerprint density at radius 3 is 2.32 bits per heavy atom. The number of hydrogen-bond acceptors (Lipinski definition) is 5. The van der Waals surface area contributed by atoms with Gasteiger partial charge < -0.3 is 19.1 Å². The van der Waals surface area contributed by atoms with E-state index in [1.54, 1.807) is 20.8 Å². The second-order valence-corrected chi connectivity index (χ2v) is 8.03. The molecule has 10 heteroatoms. The van der Waals surface area contributed by atoms with Crippen molar-refractivity contribution in [2.45, 2.75) is 45.3 Å². The Bertz CT molecular complexity index is 920. The molecule has 1 aliphatic heterocycles. The molecule has 0 radical (unpaired) electrons. The highest BCUT2D eigenvalue weighted by molar-refractivity contribution is 5.69. The number of nitrogens with zero attached hydrogens (tertiary/aromatic N) is 2. The maximum absolute atomic E-state index is 13.3. The van der Waals surface area contributed by atoms with Crippen molar-refractivity contribution in [2.24, 2.45) is 0 Å². The number of carbonyl (C=O) groups excluding carboxylic acids is 1. The summed E-state index contributed by atoms with van der Waals surface area (Å²) in [6.07, 6.45) is -5.41. The Kier molecular flexibility index (Phi) is 6.40. The predicted molar refractivity (Wildman–Crippen MR) is 102 cm³/mol. The number of carbonyl (C=O) groups is 1. The SMILES string of the molecule is CC(C)(C)OC(=O)N1CC(OCc2ccc(C(F)(F)F)c(Oc3ccc(F)cc3)n2)C1. The topological polar surface area (TPSA) is 60.9 Å². The first kappa shape index (κ1) is 22.8. The molecule has 1 aromatic carbocycles. The Labute approximate surface area is 176 Å². The highest BCUT2D eigenvalue weighted by Crippen LogP contribution is 2.37. The molecule has 0 bridgehead atoms. The number of amides is 1. The second-order valence-electron chi connectivity index (χ2n) is 8.03. The lowest BCUT2D eigenvalue weighted by Gasteiger charge is -2.39. The van der Waals surface area contributed by atoms with Crippen molar-refractivity contribution in [2.75, 3.05) is 13.1 Å². The summed E-state index contributed by atoms with van der Waals surface area (Å²) in [6.45, 7) is 5.86. The van der Waals surface area contributed by atoms with Gasteiger partial charge in [0.05, 0.1) is 31.5 Å². The molecule has 0 spiro atoms. The van der Waals surface area contributed by atoms with Crippen molar-refractivity contribution in [3.8, 4) is 11.6 Å². The van der Waals surface area contributed by atoms with E-state index in [9.17, 15) is 22.4 Å². The van der Waals surface area contributed by atoms with E-state index in [1.807, 2.05) is 0 Å².